The second-order valence-electron chi connectivity index (χ2n) is 6.68. The lowest BCUT2D eigenvalue weighted by molar-refractivity contribution is -0.116. The molecule has 0 atom stereocenters. The fourth-order valence-electron chi connectivity index (χ4n) is 2.87. The highest BCUT2D eigenvalue weighted by Gasteiger charge is 2.09. The number of amides is 3. The SMILES string of the molecule is CNc1ccccc1NC(=O)CCCCCC(=O)Nc1ccccc1NC(C)=O. The molecule has 154 valence electrons. The van der Waals surface area contributed by atoms with Gasteiger partial charge in [0, 0.05) is 26.8 Å². The van der Waals surface area contributed by atoms with Crippen molar-refractivity contribution < 1.29 is 14.4 Å². The van der Waals surface area contributed by atoms with Gasteiger partial charge in [-0.15, -0.1) is 0 Å². The van der Waals surface area contributed by atoms with Gasteiger partial charge in [0.25, 0.3) is 0 Å². The third-order valence-electron chi connectivity index (χ3n) is 4.29. The molecule has 2 aromatic rings. The summed E-state index contributed by atoms with van der Waals surface area (Å²) in [4.78, 5) is 35.5. The van der Waals surface area contributed by atoms with Gasteiger partial charge in [-0.05, 0) is 37.1 Å². The van der Waals surface area contributed by atoms with Crippen LogP contribution in [0.5, 0.6) is 0 Å². The van der Waals surface area contributed by atoms with E-state index >= 15 is 0 Å². The lowest BCUT2D eigenvalue weighted by Crippen LogP contribution is -2.15. The number of nitrogens with one attached hydrogen (secondary N) is 4. The van der Waals surface area contributed by atoms with Crippen LogP contribution in [-0.4, -0.2) is 24.8 Å². The Kier molecular flexibility index (Phi) is 8.69. The van der Waals surface area contributed by atoms with Gasteiger partial charge in [-0.1, -0.05) is 30.7 Å². The van der Waals surface area contributed by atoms with Crippen molar-refractivity contribution in [2.24, 2.45) is 0 Å². The highest BCUT2D eigenvalue weighted by Crippen LogP contribution is 2.22. The van der Waals surface area contributed by atoms with E-state index in [-0.39, 0.29) is 17.7 Å². The number of unbranched alkanes of at least 4 members (excludes halogenated alkanes) is 2. The normalized spacial score (nSPS) is 10.1. The maximum atomic E-state index is 12.1. The van der Waals surface area contributed by atoms with Crippen molar-refractivity contribution >= 4 is 40.5 Å². The molecular formula is C22H28N4O3. The first-order valence-electron chi connectivity index (χ1n) is 9.72. The van der Waals surface area contributed by atoms with Crippen LogP contribution in [0.4, 0.5) is 22.7 Å². The zero-order valence-electron chi connectivity index (χ0n) is 16.9. The summed E-state index contributed by atoms with van der Waals surface area (Å²) >= 11 is 0. The lowest BCUT2D eigenvalue weighted by atomic mass is 10.1. The molecule has 0 saturated heterocycles. The summed E-state index contributed by atoms with van der Waals surface area (Å²) in [5.74, 6) is -0.348. The van der Waals surface area contributed by atoms with Crippen molar-refractivity contribution in [3.8, 4) is 0 Å². The van der Waals surface area contributed by atoms with E-state index in [4.69, 9.17) is 0 Å². The van der Waals surface area contributed by atoms with Crippen molar-refractivity contribution in [1.82, 2.24) is 0 Å². The Labute approximate surface area is 171 Å². The van der Waals surface area contributed by atoms with Crippen molar-refractivity contribution in [3.05, 3.63) is 48.5 Å². The van der Waals surface area contributed by atoms with Crippen LogP contribution in [0.25, 0.3) is 0 Å². The Morgan fingerprint density at radius 1 is 0.655 bits per heavy atom. The van der Waals surface area contributed by atoms with E-state index in [0.717, 1.165) is 17.8 Å². The van der Waals surface area contributed by atoms with E-state index in [1.807, 2.05) is 31.3 Å². The fourth-order valence-corrected chi connectivity index (χ4v) is 2.87. The molecule has 0 spiro atoms. The maximum Gasteiger partial charge on any atom is 0.224 e. The number of rotatable bonds is 10. The summed E-state index contributed by atoms with van der Waals surface area (Å²) in [6.07, 6.45) is 2.95. The third-order valence-corrected chi connectivity index (χ3v) is 4.29. The predicted molar refractivity (Wildman–Crippen MR) is 117 cm³/mol. The Bertz CT molecular complexity index is 851. The monoisotopic (exact) mass is 396 g/mol. The molecule has 7 heteroatoms. The van der Waals surface area contributed by atoms with Crippen LogP contribution in [0.3, 0.4) is 0 Å². The molecule has 29 heavy (non-hydrogen) atoms. The number of carbonyl (C=O) groups is 3. The van der Waals surface area contributed by atoms with Gasteiger partial charge in [0.2, 0.25) is 17.7 Å². The smallest absolute Gasteiger partial charge is 0.224 e. The quantitative estimate of drug-likeness (QED) is 0.452. The van der Waals surface area contributed by atoms with Gasteiger partial charge < -0.3 is 21.3 Å². The number of carbonyl (C=O) groups excluding carboxylic acids is 3. The highest BCUT2D eigenvalue weighted by molar-refractivity contribution is 5.98. The number of hydrogen-bond donors (Lipinski definition) is 4. The molecule has 0 heterocycles. The van der Waals surface area contributed by atoms with Gasteiger partial charge in [0.15, 0.2) is 0 Å². The van der Waals surface area contributed by atoms with E-state index < -0.39 is 0 Å². The summed E-state index contributed by atoms with van der Waals surface area (Å²) < 4.78 is 0. The predicted octanol–water partition coefficient (Wildman–Crippen LogP) is 4.21. The minimum absolute atomic E-state index is 0.0404. The molecule has 0 aliphatic carbocycles. The van der Waals surface area contributed by atoms with Crippen LogP contribution in [0.1, 0.15) is 39.0 Å². The molecular weight excluding hydrogens is 368 g/mol. The van der Waals surface area contributed by atoms with Crippen LogP contribution in [-0.2, 0) is 14.4 Å². The standard InChI is InChI=1S/C22H28N4O3/c1-16(27)24-19-12-8-9-13-20(19)26-22(29)15-5-3-4-14-21(28)25-18-11-7-6-10-17(18)23-2/h6-13,23H,3-5,14-15H2,1-2H3,(H,24,27)(H,25,28)(H,26,29). The van der Waals surface area contributed by atoms with E-state index in [1.54, 1.807) is 24.3 Å². The molecule has 0 saturated carbocycles. The molecule has 4 N–H and O–H groups in total. The largest absolute Gasteiger partial charge is 0.386 e. The van der Waals surface area contributed by atoms with Crippen molar-refractivity contribution in [2.45, 2.75) is 39.0 Å². The Morgan fingerprint density at radius 3 is 1.52 bits per heavy atom. The summed E-state index contributed by atoms with van der Waals surface area (Å²) in [5, 5.41) is 11.5. The molecule has 2 rings (SSSR count). The average molecular weight is 396 g/mol. The molecule has 0 aliphatic rings. The zero-order chi connectivity index (χ0) is 21.1. The molecule has 0 unspecified atom stereocenters. The molecule has 0 fully saturated rings. The van der Waals surface area contributed by atoms with Gasteiger partial charge in [-0.3, -0.25) is 14.4 Å². The first kappa shape index (κ1) is 21.9. The van der Waals surface area contributed by atoms with Crippen LogP contribution in [0.15, 0.2) is 48.5 Å². The van der Waals surface area contributed by atoms with Crippen LogP contribution < -0.4 is 21.3 Å². The van der Waals surface area contributed by atoms with Gasteiger partial charge in [0.05, 0.1) is 22.7 Å². The van der Waals surface area contributed by atoms with Gasteiger partial charge >= 0.3 is 0 Å². The Hall–Kier alpha value is -3.35. The maximum absolute atomic E-state index is 12.1. The van der Waals surface area contributed by atoms with E-state index in [2.05, 4.69) is 21.3 Å². The topological polar surface area (TPSA) is 99.3 Å². The summed E-state index contributed by atoms with van der Waals surface area (Å²) in [7, 11) is 1.81. The molecule has 7 nitrogen and oxygen atoms in total. The first-order chi connectivity index (χ1) is 14.0. The minimum atomic E-state index is -0.192. The second kappa shape index (κ2) is 11.5. The van der Waals surface area contributed by atoms with Gasteiger partial charge in [0.1, 0.15) is 0 Å². The van der Waals surface area contributed by atoms with Crippen molar-refractivity contribution in [3.63, 3.8) is 0 Å². The number of anilines is 4. The summed E-state index contributed by atoms with van der Waals surface area (Å²) in [6, 6.07) is 14.6. The molecule has 0 radical (unpaired) electrons. The highest BCUT2D eigenvalue weighted by atomic mass is 16.2. The van der Waals surface area contributed by atoms with Crippen molar-refractivity contribution in [2.75, 3.05) is 28.3 Å². The molecule has 0 aromatic heterocycles. The van der Waals surface area contributed by atoms with E-state index in [9.17, 15) is 14.4 Å². The van der Waals surface area contributed by atoms with Crippen LogP contribution in [0, 0.1) is 0 Å². The van der Waals surface area contributed by atoms with E-state index in [1.165, 1.54) is 6.92 Å². The van der Waals surface area contributed by atoms with Gasteiger partial charge in [-0.2, -0.15) is 0 Å². The lowest BCUT2D eigenvalue weighted by Gasteiger charge is -2.11. The Morgan fingerprint density at radius 2 is 1.07 bits per heavy atom. The molecule has 2 aromatic carbocycles. The number of hydrogen-bond acceptors (Lipinski definition) is 4. The zero-order valence-corrected chi connectivity index (χ0v) is 16.9. The number of para-hydroxylation sites is 4. The van der Waals surface area contributed by atoms with E-state index in [0.29, 0.717) is 37.1 Å². The molecule has 0 aliphatic heterocycles. The third kappa shape index (κ3) is 7.65. The summed E-state index contributed by atoms with van der Waals surface area (Å²) in [5.41, 5.74) is 2.79. The second-order valence-corrected chi connectivity index (χ2v) is 6.68. The molecule has 0 bridgehead atoms. The van der Waals surface area contributed by atoms with Crippen molar-refractivity contribution in [1.29, 1.82) is 0 Å². The minimum Gasteiger partial charge on any atom is -0.386 e. The molecule has 3 amide bonds. The summed E-state index contributed by atoms with van der Waals surface area (Å²) in [6.45, 7) is 1.42. The number of benzene rings is 2. The van der Waals surface area contributed by atoms with Crippen LogP contribution >= 0.6 is 0 Å². The van der Waals surface area contributed by atoms with Gasteiger partial charge in [-0.25, -0.2) is 0 Å². The fraction of sp³-hybridized carbons (Fsp3) is 0.318. The Balaban J connectivity index is 1.68. The van der Waals surface area contributed by atoms with Crippen LogP contribution in [0.2, 0.25) is 0 Å². The average Bonchev–Trinajstić information content (AvgIpc) is 2.69. The first-order valence-corrected chi connectivity index (χ1v) is 9.72.